The van der Waals surface area contributed by atoms with E-state index in [0.717, 1.165) is 6.33 Å². The van der Waals surface area contributed by atoms with E-state index in [4.69, 9.17) is 25.4 Å². The summed E-state index contributed by atoms with van der Waals surface area (Å²) in [6.45, 7) is -0.689. The molecule has 2 aromatic rings. The summed E-state index contributed by atoms with van der Waals surface area (Å²) < 4.78 is 21.9. The van der Waals surface area contributed by atoms with Gasteiger partial charge in [0.1, 0.15) is 30.7 Å². The minimum Gasteiger partial charge on any atom is -0.480 e. The van der Waals surface area contributed by atoms with Crippen LogP contribution in [0.15, 0.2) is 12.7 Å². The summed E-state index contributed by atoms with van der Waals surface area (Å²) in [5.74, 6) is -2.14. The topological polar surface area (TPSA) is 252 Å². The maximum Gasteiger partial charge on any atom is 0.469 e. The van der Waals surface area contributed by atoms with E-state index in [1.807, 2.05) is 0 Å². The number of aromatic nitrogens is 4. The van der Waals surface area contributed by atoms with Crippen LogP contribution in [0.4, 0.5) is 5.82 Å². The van der Waals surface area contributed by atoms with Crippen LogP contribution < -0.4 is 11.1 Å². The lowest BCUT2D eigenvalue weighted by atomic mass is 10.1. The molecule has 0 unspecified atom stereocenters. The normalized spacial score (nSPS) is 24.9. The van der Waals surface area contributed by atoms with E-state index in [2.05, 4.69) is 24.8 Å². The molecule has 3 rings (SSSR count). The van der Waals surface area contributed by atoms with Gasteiger partial charge in [-0.15, -0.1) is 0 Å². The van der Waals surface area contributed by atoms with Gasteiger partial charge in [-0.2, -0.15) is 0 Å². The first-order valence-corrected chi connectivity index (χ1v) is 10.2. The SMILES string of the molecule is N[C@@H](CC(=O)Nc1ncnc2c1ncn2[C@@H]1O[C@H](COP(=O)(O)O)[C@@H](O)[C@H]1O)C(=O)O. The number of hydrogen-bond acceptors (Lipinski definition) is 11. The van der Waals surface area contributed by atoms with Gasteiger partial charge in [0.2, 0.25) is 5.91 Å². The molecule has 1 aliphatic rings. The molecule has 31 heavy (non-hydrogen) atoms. The Hall–Kier alpha value is -2.56. The van der Waals surface area contributed by atoms with Crippen LogP contribution in [-0.4, -0.2) is 87.5 Å². The molecule has 17 heteroatoms. The molecule has 0 aromatic carbocycles. The number of carboxylic acid groups (broad SMARTS) is 1. The number of anilines is 1. The number of nitrogens with zero attached hydrogens (tertiary/aromatic N) is 4. The van der Waals surface area contributed by atoms with Crippen molar-refractivity contribution in [1.29, 1.82) is 0 Å². The Morgan fingerprint density at radius 2 is 2.00 bits per heavy atom. The number of aliphatic hydroxyl groups is 2. The number of phosphoric acid groups is 1. The van der Waals surface area contributed by atoms with Crippen LogP contribution >= 0.6 is 7.82 Å². The van der Waals surface area contributed by atoms with E-state index in [-0.39, 0.29) is 17.0 Å². The van der Waals surface area contributed by atoms with Crippen LogP contribution in [0, 0.1) is 0 Å². The second-order valence-electron chi connectivity index (χ2n) is 6.58. The van der Waals surface area contributed by atoms with Gasteiger partial charge in [0.15, 0.2) is 23.2 Å². The lowest BCUT2D eigenvalue weighted by Gasteiger charge is -2.16. The quantitative estimate of drug-likeness (QED) is 0.197. The van der Waals surface area contributed by atoms with Crippen LogP contribution in [0.5, 0.6) is 0 Å². The van der Waals surface area contributed by atoms with Crippen LogP contribution in [0.2, 0.25) is 0 Å². The smallest absolute Gasteiger partial charge is 0.469 e. The van der Waals surface area contributed by atoms with Crippen LogP contribution in [0.3, 0.4) is 0 Å². The Balaban J connectivity index is 1.80. The van der Waals surface area contributed by atoms with Gasteiger partial charge in [-0.3, -0.25) is 18.7 Å². The zero-order chi connectivity index (χ0) is 22.9. The summed E-state index contributed by atoms with van der Waals surface area (Å²) in [7, 11) is -4.82. The monoisotopic (exact) mass is 462 g/mol. The number of rotatable bonds is 8. The average molecular weight is 462 g/mol. The lowest BCUT2D eigenvalue weighted by molar-refractivity contribution is -0.140. The zero-order valence-electron chi connectivity index (χ0n) is 15.5. The number of nitrogens with one attached hydrogen (secondary N) is 1. The molecule has 1 amide bonds. The Kier molecular flexibility index (Phi) is 6.63. The van der Waals surface area contributed by atoms with Gasteiger partial charge in [-0.05, 0) is 0 Å². The van der Waals surface area contributed by atoms with E-state index in [9.17, 15) is 24.4 Å². The summed E-state index contributed by atoms with van der Waals surface area (Å²) in [6, 6.07) is -1.41. The third kappa shape index (κ3) is 5.20. The number of amides is 1. The summed E-state index contributed by atoms with van der Waals surface area (Å²) in [4.78, 5) is 52.3. The maximum absolute atomic E-state index is 12.0. The molecule has 1 aliphatic heterocycles. The largest absolute Gasteiger partial charge is 0.480 e. The first-order chi connectivity index (χ1) is 14.5. The van der Waals surface area contributed by atoms with Gasteiger partial charge >= 0.3 is 13.8 Å². The van der Waals surface area contributed by atoms with E-state index < -0.39 is 63.3 Å². The third-order valence-electron chi connectivity index (χ3n) is 4.36. The maximum atomic E-state index is 12.0. The van der Waals surface area contributed by atoms with Crippen LogP contribution in [0.25, 0.3) is 11.2 Å². The number of aliphatic hydroxyl groups excluding tert-OH is 2. The van der Waals surface area contributed by atoms with Gasteiger partial charge in [0.05, 0.1) is 19.4 Å². The van der Waals surface area contributed by atoms with Gasteiger partial charge < -0.3 is 40.9 Å². The van der Waals surface area contributed by atoms with Crippen LogP contribution in [0.1, 0.15) is 12.6 Å². The highest BCUT2D eigenvalue weighted by Crippen LogP contribution is 2.38. The standard InChI is InChI=1S/C14H19N6O10P/c15-5(14(24)25)1-7(21)19-11-8-12(17-3-16-11)20(4-18-8)13-10(23)9(22)6(30-13)2-29-31(26,27)28/h3-6,9-10,13,22-23H,1-2,15H2,(H,24,25)(H2,26,27,28)(H,16,17,19,21)/t5-,6+,9+,10+,13+/m0/s1. The zero-order valence-corrected chi connectivity index (χ0v) is 16.4. The van der Waals surface area contributed by atoms with Crippen molar-refractivity contribution < 1.29 is 48.5 Å². The Labute approximate surface area is 172 Å². The Morgan fingerprint density at radius 1 is 1.29 bits per heavy atom. The molecule has 0 saturated carbocycles. The van der Waals surface area contributed by atoms with Crippen molar-refractivity contribution in [3.05, 3.63) is 12.7 Å². The fourth-order valence-corrected chi connectivity index (χ4v) is 3.21. The summed E-state index contributed by atoms with van der Waals surface area (Å²) in [6.07, 6.45) is -3.83. The van der Waals surface area contributed by atoms with Crippen molar-refractivity contribution >= 4 is 36.7 Å². The van der Waals surface area contributed by atoms with Crippen molar-refractivity contribution in [2.24, 2.45) is 5.73 Å². The van der Waals surface area contributed by atoms with Crippen LogP contribution in [-0.2, 0) is 23.4 Å². The van der Waals surface area contributed by atoms with E-state index in [1.54, 1.807) is 0 Å². The molecular weight excluding hydrogens is 443 g/mol. The van der Waals surface area contributed by atoms with E-state index >= 15 is 0 Å². The summed E-state index contributed by atoms with van der Waals surface area (Å²) in [5.41, 5.74) is 5.48. The predicted octanol–water partition coefficient (Wildman–Crippen LogP) is -2.70. The molecule has 170 valence electrons. The van der Waals surface area contributed by atoms with Crippen molar-refractivity contribution in [2.45, 2.75) is 37.0 Å². The Morgan fingerprint density at radius 3 is 2.65 bits per heavy atom. The number of imidazole rings is 1. The second-order valence-corrected chi connectivity index (χ2v) is 7.82. The van der Waals surface area contributed by atoms with Crippen molar-refractivity contribution in [3.63, 3.8) is 0 Å². The van der Waals surface area contributed by atoms with Crippen molar-refractivity contribution in [1.82, 2.24) is 19.5 Å². The minimum atomic E-state index is -4.82. The number of nitrogens with two attached hydrogens (primary N) is 1. The molecule has 0 aliphatic carbocycles. The second kappa shape index (κ2) is 8.89. The highest BCUT2D eigenvalue weighted by Gasteiger charge is 2.45. The van der Waals surface area contributed by atoms with E-state index in [1.165, 1.54) is 10.9 Å². The van der Waals surface area contributed by atoms with E-state index in [0.29, 0.717) is 0 Å². The highest BCUT2D eigenvalue weighted by atomic mass is 31.2. The molecule has 0 bridgehead atoms. The fraction of sp³-hybridized carbons (Fsp3) is 0.500. The number of fused-ring (bicyclic) bond motifs is 1. The molecular formula is C14H19N6O10P. The van der Waals surface area contributed by atoms with Crippen molar-refractivity contribution in [2.75, 3.05) is 11.9 Å². The molecule has 3 heterocycles. The summed E-state index contributed by atoms with van der Waals surface area (Å²) >= 11 is 0. The minimum absolute atomic E-state index is 0.0549. The third-order valence-corrected chi connectivity index (χ3v) is 4.84. The molecule has 2 aromatic heterocycles. The van der Waals surface area contributed by atoms with Gasteiger partial charge in [-0.25, -0.2) is 19.5 Å². The summed E-state index contributed by atoms with van der Waals surface area (Å²) in [5, 5.41) is 31.6. The fourth-order valence-electron chi connectivity index (χ4n) is 2.87. The molecule has 0 radical (unpaired) electrons. The van der Waals surface area contributed by atoms with Crippen molar-refractivity contribution in [3.8, 4) is 0 Å². The molecule has 8 N–H and O–H groups in total. The first-order valence-electron chi connectivity index (χ1n) is 8.65. The number of hydrogen-bond donors (Lipinski definition) is 7. The first kappa shape index (κ1) is 23.1. The molecule has 16 nitrogen and oxygen atoms in total. The molecule has 0 spiro atoms. The number of phosphoric ester groups is 1. The molecule has 1 saturated heterocycles. The highest BCUT2D eigenvalue weighted by molar-refractivity contribution is 7.46. The Bertz CT molecular complexity index is 1030. The van der Waals surface area contributed by atoms with Gasteiger partial charge in [0, 0.05) is 0 Å². The number of carbonyl (C=O) groups is 2. The number of carboxylic acids is 1. The molecule has 1 fully saturated rings. The van der Waals surface area contributed by atoms with Gasteiger partial charge in [-0.1, -0.05) is 0 Å². The van der Waals surface area contributed by atoms with Gasteiger partial charge in [0.25, 0.3) is 0 Å². The number of ether oxygens (including phenoxy) is 1. The predicted molar refractivity (Wildman–Crippen MR) is 98.1 cm³/mol. The average Bonchev–Trinajstić information content (AvgIpc) is 3.22. The number of aliphatic carboxylic acids is 1. The number of carbonyl (C=O) groups excluding carboxylic acids is 1. The lowest BCUT2D eigenvalue weighted by Crippen LogP contribution is -2.34. The molecule has 5 atom stereocenters.